The highest BCUT2D eigenvalue weighted by Crippen LogP contribution is 2.24. The second-order valence-corrected chi connectivity index (χ2v) is 8.92. The van der Waals surface area contributed by atoms with Crippen LogP contribution in [0.5, 0.6) is 11.5 Å². The Morgan fingerprint density at radius 3 is 2.18 bits per heavy atom. The summed E-state index contributed by atoms with van der Waals surface area (Å²) in [6, 6.07) is 21.8. The number of nitrogens with one attached hydrogen (secondary N) is 1. The fourth-order valence-electron chi connectivity index (χ4n) is 3.41. The molecule has 0 fully saturated rings. The molecular weight excluding hydrogens is 414 g/mol. The van der Waals surface area contributed by atoms with Crippen molar-refractivity contribution in [2.75, 3.05) is 12.4 Å². The number of methoxy groups -OCH3 is 1. The van der Waals surface area contributed by atoms with Crippen LogP contribution in [0.3, 0.4) is 0 Å². The molecular formula is C28H31NO4. The third-order valence-electron chi connectivity index (χ3n) is 5.39. The Morgan fingerprint density at radius 1 is 0.879 bits per heavy atom. The van der Waals surface area contributed by atoms with E-state index in [9.17, 15) is 9.59 Å². The third kappa shape index (κ3) is 6.22. The van der Waals surface area contributed by atoms with E-state index in [-0.39, 0.29) is 17.1 Å². The van der Waals surface area contributed by atoms with Crippen LogP contribution in [0.15, 0.2) is 72.8 Å². The lowest BCUT2D eigenvalue weighted by Gasteiger charge is -2.19. The Balaban J connectivity index is 1.71. The van der Waals surface area contributed by atoms with Gasteiger partial charge >= 0.3 is 0 Å². The van der Waals surface area contributed by atoms with E-state index in [1.807, 2.05) is 43.3 Å². The first-order valence-corrected chi connectivity index (χ1v) is 11.1. The Hall–Kier alpha value is -3.60. The topological polar surface area (TPSA) is 64.6 Å². The first kappa shape index (κ1) is 24.1. The third-order valence-corrected chi connectivity index (χ3v) is 5.39. The van der Waals surface area contributed by atoms with Gasteiger partial charge in [-0.2, -0.15) is 0 Å². The lowest BCUT2D eigenvalue weighted by Crippen LogP contribution is -2.32. The van der Waals surface area contributed by atoms with Crippen LogP contribution >= 0.6 is 0 Å². The van der Waals surface area contributed by atoms with E-state index in [4.69, 9.17) is 9.47 Å². The number of benzene rings is 3. The lowest BCUT2D eigenvalue weighted by molar-refractivity contribution is -0.122. The van der Waals surface area contributed by atoms with Gasteiger partial charge in [-0.1, -0.05) is 70.2 Å². The Morgan fingerprint density at radius 2 is 1.55 bits per heavy atom. The number of ether oxygens (including phenoxy) is 2. The summed E-state index contributed by atoms with van der Waals surface area (Å²) >= 11 is 0. The molecule has 5 heteroatoms. The minimum absolute atomic E-state index is 0.0224. The van der Waals surface area contributed by atoms with Crippen molar-refractivity contribution in [3.8, 4) is 11.5 Å². The minimum atomic E-state index is -0.679. The zero-order valence-electron chi connectivity index (χ0n) is 19.8. The average molecular weight is 446 g/mol. The number of hydrogen-bond acceptors (Lipinski definition) is 4. The van der Waals surface area contributed by atoms with Gasteiger partial charge in [0, 0.05) is 22.9 Å². The summed E-state index contributed by atoms with van der Waals surface area (Å²) < 4.78 is 11.1. The van der Waals surface area contributed by atoms with Crippen molar-refractivity contribution in [2.45, 2.75) is 45.6 Å². The number of rotatable bonds is 8. The van der Waals surface area contributed by atoms with Gasteiger partial charge in [-0.3, -0.25) is 9.59 Å². The number of carbonyl (C=O) groups excluding carboxylic acids is 2. The Kier molecular flexibility index (Phi) is 7.54. The van der Waals surface area contributed by atoms with E-state index in [2.05, 4.69) is 26.1 Å². The van der Waals surface area contributed by atoms with Crippen LogP contribution in [0.1, 0.15) is 55.6 Å². The summed E-state index contributed by atoms with van der Waals surface area (Å²) in [7, 11) is 1.58. The zero-order valence-corrected chi connectivity index (χ0v) is 19.8. The smallest absolute Gasteiger partial charge is 0.265 e. The van der Waals surface area contributed by atoms with Gasteiger partial charge in [0.15, 0.2) is 11.9 Å². The summed E-state index contributed by atoms with van der Waals surface area (Å²) in [6.45, 7) is 8.29. The second-order valence-electron chi connectivity index (χ2n) is 8.92. The molecule has 0 saturated carbocycles. The summed E-state index contributed by atoms with van der Waals surface area (Å²) in [5.41, 5.74) is 2.86. The summed E-state index contributed by atoms with van der Waals surface area (Å²) in [5.74, 6) is 0.842. The zero-order chi connectivity index (χ0) is 24.0. The maximum Gasteiger partial charge on any atom is 0.265 e. The van der Waals surface area contributed by atoms with Crippen LogP contribution in [0.25, 0.3) is 0 Å². The van der Waals surface area contributed by atoms with Crippen LogP contribution in [0.2, 0.25) is 0 Å². The SMILES string of the molecule is CCC(Oc1cccc(OC)c1)C(=O)Nc1cccc(C(=O)c2ccc(C(C)(C)C)cc2)c1. The predicted molar refractivity (Wildman–Crippen MR) is 131 cm³/mol. The van der Waals surface area contributed by atoms with Gasteiger partial charge in [-0.15, -0.1) is 0 Å². The molecule has 0 spiro atoms. The maximum absolute atomic E-state index is 13.0. The van der Waals surface area contributed by atoms with Crippen LogP contribution < -0.4 is 14.8 Å². The fraction of sp³-hybridized carbons (Fsp3) is 0.286. The normalized spacial score (nSPS) is 12.0. The van der Waals surface area contributed by atoms with E-state index >= 15 is 0 Å². The average Bonchev–Trinajstić information content (AvgIpc) is 2.81. The van der Waals surface area contributed by atoms with Crippen LogP contribution in [-0.4, -0.2) is 24.9 Å². The molecule has 3 aromatic carbocycles. The van der Waals surface area contributed by atoms with Crippen molar-refractivity contribution in [3.63, 3.8) is 0 Å². The van der Waals surface area contributed by atoms with Gasteiger partial charge in [0.05, 0.1) is 7.11 Å². The number of hydrogen-bond donors (Lipinski definition) is 1. The van der Waals surface area contributed by atoms with Gasteiger partial charge in [0.25, 0.3) is 5.91 Å². The van der Waals surface area contributed by atoms with Gasteiger partial charge < -0.3 is 14.8 Å². The maximum atomic E-state index is 13.0. The number of carbonyl (C=O) groups is 2. The molecule has 0 aromatic heterocycles. The molecule has 0 radical (unpaired) electrons. The van der Waals surface area contributed by atoms with E-state index in [1.54, 1.807) is 43.5 Å². The molecule has 1 N–H and O–H groups in total. The molecule has 0 saturated heterocycles. The fourth-order valence-corrected chi connectivity index (χ4v) is 3.41. The highest BCUT2D eigenvalue weighted by Gasteiger charge is 2.20. The Labute approximate surface area is 195 Å². The van der Waals surface area contributed by atoms with E-state index in [0.29, 0.717) is 34.7 Å². The number of anilines is 1. The van der Waals surface area contributed by atoms with Crippen molar-refractivity contribution < 1.29 is 19.1 Å². The molecule has 0 heterocycles. The van der Waals surface area contributed by atoms with Crippen molar-refractivity contribution in [1.82, 2.24) is 0 Å². The van der Waals surface area contributed by atoms with Gasteiger partial charge in [0.2, 0.25) is 0 Å². The van der Waals surface area contributed by atoms with Gasteiger partial charge in [-0.25, -0.2) is 0 Å². The first-order valence-electron chi connectivity index (χ1n) is 11.1. The number of ketones is 1. The Bertz CT molecular complexity index is 1110. The highest BCUT2D eigenvalue weighted by atomic mass is 16.5. The quantitative estimate of drug-likeness (QED) is 0.431. The summed E-state index contributed by atoms with van der Waals surface area (Å²) in [4.78, 5) is 25.8. The molecule has 1 atom stereocenters. The molecule has 5 nitrogen and oxygen atoms in total. The van der Waals surface area contributed by atoms with Gasteiger partial charge in [-0.05, 0) is 41.7 Å². The molecule has 172 valence electrons. The molecule has 1 amide bonds. The van der Waals surface area contributed by atoms with Crippen LogP contribution in [-0.2, 0) is 10.2 Å². The molecule has 0 aliphatic heterocycles. The monoisotopic (exact) mass is 445 g/mol. The van der Waals surface area contributed by atoms with E-state index < -0.39 is 6.10 Å². The largest absolute Gasteiger partial charge is 0.497 e. The molecule has 3 rings (SSSR count). The van der Waals surface area contributed by atoms with Crippen molar-refractivity contribution in [1.29, 1.82) is 0 Å². The first-order chi connectivity index (χ1) is 15.7. The molecule has 3 aromatic rings. The highest BCUT2D eigenvalue weighted by molar-refractivity contribution is 6.09. The van der Waals surface area contributed by atoms with Crippen molar-refractivity contribution >= 4 is 17.4 Å². The van der Waals surface area contributed by atoms with E-state index in [1.165, 1.54) is 5.56 Å². The molecule has 1 unspecified atom stereocenters. The number of amides is 1. The van der Waals surface area contributed by atoms with E-state index in [0.717, 1.165) is 0 Å². The van der Waals surface area contributed by atoms with Crippen LogP contribution in [0, 0.1) is 0 Å². The second kappa shape index (κ2) is 10.3. The predicted octanol–water partition coefficient (Wildman–Crippen LogP) is 6.02. The molecule has 0 aliphatic rings. The molecule has 33 heavy (non-hydrogen) atoms. The minimum Gasteiger partial charge on any atom is -0.497 e. The van der Waals surface area contributed by atoms with Crippen molar-refractivity contribution in [2.24, 2.45) is 0 Å². The summed E-state index contributed by atoms with van der Waals surface area (Å²) in [5, 5.41) is 2.87. The standard InChI is InChI=1S/C28H31NO4/c1-6-25(33-24-12-8-11-23(18-24)32-5)27(31)29-22-10-7-9-20(17-22)26(30)19-13-15-21(16-14-19)28(2,3)4/h7-18,25H,6H2,1-5H3,(H,29,31). The van der Waals surface area contributed by atoms with Crippen LogP contribution in [0.4, 0.5) is 5.69 Å². The van der Waals surface area contributed by atoms with Gasteiger partial charge in [0.1, 0.15) is 11.5 Å². The molecule has 0 bridgehead atoms. The lowest BCUT2D eigenvalue weighted by atomic mass is 9.86. The summed E-state index contributed by atoms with van der Waals surface area (Å²) in [6.07, 6.45) is -0.191. The molecule has 0 aliphatic carbocycles. The van der Waals surface area contributed by atoms with Crippen molar-refractivity contribution in [3.05, 3.63) is 89.5 Å².